The van der Waals surface area contributed by atoms with Crippen molar-refractivity contribution in [2.24, 2.45) is 7.05 Å². The van der Waals surface area contributed by atoms with Gasteiger partial charge in [0, 0.05) is 31.0 Å². The largest absolute Gasteiger partial charge is 0.348 e. The molecule has 1 N–H and O–H groups in total. The van der Waals surface area contributed by atoms with Crippen LogP contribution in [0, 0.1) is 6.92 Å². The smallest absolute Gasteiger partial charge is 0.198 e. The molecule has 3 heterocycles. The SMILES string of the molecule is Cc1[nH]nc2c1CCCN2CC(=O)c1cccn1C. The average Bonchev–Trinajstić information content (AvgIpc) is 2.97. The fourth-order valence-corrected chi connectivity index (χ4v) is 2.71. The van der Waals surface area contributed by atoms with E-state index in [1.165, 1.54) is 5.56 Å². The molecule has 0 aliphatic carbocycles. The third-order valence-electron chi connectivity index (χ3n) is 3.77. The normalized spacial score (nSPS) is 14.5. The number of carbonyl (C=O) groups excluding carboxylic acids is 1. The number of aromatic nitrogens is 3. The summed E-state index contributed by atoms with van der Waals surface area (Å²) in [6.45, 7) is 3.33. The molecule has 0 aromatic carbocycles. The number of rotatable bonds is 3. The van der Waals surface area contributed by atoms with E-state index in [-0.39, 0.29) is 5.78 Å². The molecule has 2 aromatic rings. The highest BCUT2D eigenvalue weighted by atomic mass is 16.1. The average molecular weight is 258 g/mol. The van der Waals surface area contributed by atoms with E-state index in [4.69, 9.17) is 0 Å². The van der Waals surface area contributed by atoms with Gasteiger partial charge in [0.15, 0.2) is 11.6 Å². The van der Waals surface area contributed by atoms with Crippen molar-refractivity contribution < 1.29 is 4.79 Å². The topological polar surface area (TPSA) is 53.9 Å². The highest BCUT2D eigenvalue weighted by Gasteiger charge is 2.24. The molecule has 100 valence electrons. The molecule has 3 rings (SSSR count). The van der Waals surface area contributed by atoms with Crippen molar-refractivity contribution >= 4 is 11.6 Å². The van der Waals surface area contributed by atoms with E-state index in [1.54, 1.807) is 0 Å². The lowest BCUT2D eigenvalue weighted by Crippen LogP contribution is -2.35. The first kappa shape index (κ1) is 12.0. The number of hydrogen-bond donors (Lipinski definition) is 1. The number of nitrogens with zero attached hydrogens (tertiary/aromatic N) is 3. The Hall–Kier alpha value is -2.04. The Bertz CT molecular complexity index is 611. The molecule has 0 spiro atoms. The van der Waals surface area contributed by atoms with E-state index in [2.05, 4.69) is 15.1 Å². The van der Waals surface area contributed by atoms with Crippen molar-refractivity contribution in [1.82, 2.24) is 14.8 Å². The summed E-state index contributed by atoms with van der Waals surface area (Å²) in [5, 5.41) is 7.36. The van der Waals surface area contributed by atoms with Gasteiger partial charge in [0.05, 0.1) is 12.2 Å². The molecule has 0 atom stereocenters. The van der Waals surface area contributed by atoms with Crippen LogP contribution >= 0.6 is 0 Å². The van der Waals surface area contributed by atoms with E-state index < -0.39 is 0 Å². The van der Waals surface area contributed by atoms with Crippen LogP contribution in [-0.2, 0) is 13.5 Å². The Kier molecular flexibility index (Phi) is 2.89. The van der Waals surface area contributed by atoms with Crippen molar-refractivity contribution in [2.45, 2.75) is 19.8 Å². The number of hydrogen-bond acceptors (Lipinski definition) is 3. The van der Waals surface area contributed by atoms with Crippen LogP contribution in [0.25, 0.3) is 0 Å². The van der Waals surface area contributed by atoms with E-state index in [0.29, 0.717) is 6.54 Å². The molecule has 0 unspecified atom stereocenters. The van der Waals surface area contributed by atoms with Gasteiger partial charge in [0.25, 0.3) is 0 Å². The minimum absolute atomic E-state index is 0.140. The quantitative estimate of drug-likeness (QED) is 0.852. The number of H-pyrrole nitrogens is 1. The summed E-state index contributed by atoms with van der Waals surface area (Å²) >= 11 is 0. The first-order valence-electron chi connectivity index (χ1n) is 6.60. The molecule has 1 aliphatic rings. The van der Waals surface area contributed by atoms with Crippen LogP contribution in [0.4, 0.5) is 5.82 Å². The third-order valence-corrected chi connectivity index (χ3v) is 3.77. The molecule has 5 nitrogen and oxygen atoms in total. The first-order valence-corrected chi connectivity index (χ1v) is 6.60. The predicted octanol–water partition coefficient (Wildman–Crippen LogP) is 1.69. The Labute approximate surface area is 112 Å². The number of aromatic amines is 1. The fourth-order valence-electron chi connectivity index (χ4n) is 2.71. The number of carbonyl (C=O) groups is 1. The Morgan fingerprint density at radius 1 is 1.53 bits per heavy atom. The van der Waals surface area contributed by atoms with Gasteiger partial charge in [-0.05, 0) is 31.9 Å². The molecule has 0 bridgehead atoms. The molecular weight excluding hydrogens is 240 g/mol. The van der Waals surface area contributed by atoms with Gasteiger partial charge in [-0.3, -0.25) is 9.89 Å². The zero-order chi connectivity index (χ0) is 13.4. The molecule has 0 saturated carbocycles. The number of nitrogens with one attached hydrogen (secondary N) is 1. The number of aryl methyl sites for hydroxylation is 2. The summed E-state index contributed by atoms with van der Waals surface area (Å²) in [6, 6.07) is 3.76. The fraction of sp³-hybridized carbons (Fsp3) is 0.429. The van der Waals surface area contributed by atoms with Crippen LogP contribution in [0.3, 0.4) is 0 Å². The number of fused-ring (bicyclic) bond motifs is 1. The van der Waals surface area contributed by atoms with Gasteiger partial charge in [0.2, 0.25) is 0 Å². The Balaban J connectivity index is 1.82. The molecule has 0 fully saturated rings. The Morgan fingerprint density at radius 2 is 2.37 bits per heavy atom. The molecule has 0 amide bonds. The lowest BCUT2D eigenvalue weighted by atomic mass is 10.0. The third kappa shape index (κ3) is 2.05. The van der Waals surface area contributed by atoms with Gasteiger partial charge in [0.1, 0.15) is 0 Å². The number of anilines is 1. The highest BCUT2D eigenvalue weighted by Crippen LogP contribution is 2.26. The first-order chi connectivity index (χ1) is 9.16. The standard InChI is InChI=1S/C14H18N4O/c1-10-11-5-3-8-18(14(11)16-15-10)9-13(19)12-6-4-7-17(12)2/h4,6-7H,3,5,8-9H2,1-2H3,(H,15,16). The van der Waals surface area contributed by atoms with Crippen molar-refractivity contribution in [3.8, 4) is 0 Å². The van der Waals surface area contributed by atoms with Crippen LogP contribution in [-0.4, -0.2) is 33.6 Å². The molecular formula is C14H18N4O. The van der Waals surface area contributed by atoms with Gasteiger partial charge in [-0.2, -0.15) is 5.10 Å². The summed E-state index contributed by atoms with van der Waals surface area (Å²) in [5.74, 6) is 1.09. The van der Waals surface area contributed by atoms with E-state index in [9.17, 15) is 4.79 Å². The predicted molar refractivity (Wildman–Crippen MR) is 73.6 cm³/mol. The maximum Gasteiger partial charge on any atom is 0.198 e. The number of Topliss-reactive ketones (excluding diaryl/α,β-unsaturated/α-hetero) is 1. The summed E-state index contributed by atoms with van der Waals surface area (Å²) in [5.41, 5.74) is 3.12. The van der Waals surface area contributed by atoms with Gasteiger partial charge in [-0.15, -0.1) is 0 Å². The van der Waals surface area contributed by atoms with E-state index in [1.807, 2.05) is 36.9 Å². The van der Waals surface area contributed by atoms with Crippen LogP contribution in [0.1, 0.15) is 28.2 Å². The molecule has 5 heteroatoms. The minimum atomic E-state index is 0.140. The van der Waals surface area contributed by atoms with Crippen molar-refractivity contribution in [1.29, 1.82) is 0 Å². The second-order valence-corrected chi connectivity index (χ2v) is 5.10. The molecule has 1 aliphatic heterocycles. The van der Waals surface area contributed by atoms with Gasteiger partial charge >= 0.3 is 0 Å². The summed E-state index contributed by atoms with van der Waals surface area (Å²) in [4.78, 5) is 14.4. The highest BCUT2D eigenvalue weighted by molar-refractivity contribution is 5.98. The maximum absolute atomic E-state index is 12.3. The van der Waals surface area contributed by atoms with E-state index >= 15 is 0 Å². The lowest BCUT2D eigenvalue weighted by molar-refractivity contribution is 0.0991. The Morgan fingerprint density at radius 3 is 3.11 bits per heavy atom. The van der Waals surface area contributed by atoms with E-state index in [0.717, 1.165) is 36.6 Å². The minimum Gasteiger partial charge on any atom is -0.348 e. The zero-order valence-electron chi connectivity index (χ0n) is 11.3. The summed E-state index contributed by atoms with van der Waals surface area (Å²) in [6.07, 6.45) is 4.02. The second-order valence-electron chi connectivity index (χ2n) is 5.10. The van der Waals surface area contributed by atoms with Crippen LogP contribution < -0.4 is 4.90 Å². The van der Waals surface area contributed by atoms with Crippen molar-refractivity contribution in [3.05, 3.63) is 35.3 Å². The van der Waals surface area contributed by atoms with Crippen LogP contribution in [0.5, 0.6) is 0 Å². The van der Waals surface area contributed by atoms with Crippen LogP contribution in [0.2, 0.25) is 0 Å². The molecule has 0 saturated heterocycles. The lowest BCUT2D eigenvalue weighted by Gasteiger charge is -2.27. The summed E-state index contributed by atoms with van der Waals surface area (Å²) < 4.78 is 1.86. The molecule has 19 heavy (non-hydrogen) atoms. The summed E-state index contributed by atoms with van der Waals surface area (Å²) in [7, 11) is 1.90. The molecule has 2 aromatic heterocycles. The van der Waals surface area contributed by atoms with Gasteiger partial charge < -0.3 is 9.47 Å². The maximum atomic E-state index is 12.3. The monoisotopic (exact) mass is 258 g/mol. The molecule has 0 radical (unpaired) electrons. The van der Waals surface area contributed by atoms with Crippen molar-refractivity contribution in [3.63, 3.8) is 0 Å². The van der Waals surface area contributed by atoms with Gasteiger partial charge in [-0.25, -0.2) is 0 Å². The van der Waals surface area contributed by atoms with Crippen LogP contribution in [0.15, 0.2) is 18.3 Å². The van der Waals surface area contributed by atoms with Crippen molar-refractivity contribution in [2.75, 3.05) is 18.0 Å². The number of ketones is 1. The van der Waals surface area contributed by atoms with Gasteiger partial charge in [-0.1, -0.05) is 0 Å². The zero-order valence-corrected chi connectivity index (χ0v) is 11.3. The second kappa shape index (κ2) is 4.57.